The fraction of sp³-hybridized carbons (Fsp3) is 0.333. The number of nitrogens with one attached hydrogen (secondary N) is 2. The molecule has 0 aliphatic carbocycles. The van der Waals surface area contributed by atoms with Crippen molar-refractivity contribution in [3.05, 3.63) is 58.8 Å². The smallest absolute Gasteiger partial charge is 0.191 e. The number of hydrogen-bond acceptors (Lipinski definition) is 3. The minimum absolute atomic E-state index is 0.392. The fourth-order valence-corrected chi connectivity index (χ4v) is 3.09. The van der Waals surface area contributed by atoms with Gasteiger partial charge in [-0.2, -0.15) is 0 Å². The lowest BCUT2D eigenvalue weighted by Gasteiger charge is -2.20. The van der Waals surface area contributed by atoms with E-state index in [0.717, 1.165) is 35.6 Å². The van der Waals surface area contributed by atoms with Crippen LogP contribution < -0.4 is 15.5 Å². The van der Waals surface area contributed by atoms with Crippen LogP contribution in [0, 0.1) is 0 Å². The van der Waals surface area contributed by atoms with Crippen molar-refractivity contribution in [2.45, 2.75) is 19.0 Å². The monoisotopic (exact) mass is 387 g/mol. The highest BCUT2D eigenvalue weighted by Gasteiger charge is 2.23. The molecule has 1 aliphatic rings. The summed E-state index contributed by atoms with van der Waals surface area (Å²) in [7, 11) is 1.80. The lowest BCUT2D eigenvalue weighted by atomic mass is 10.2. The van der Waals surface area contributed by atoms with Crippen molar-refractivity contribution < 1.29 is 0 Å². The zero-order valence-corrected chi connectivity index (χ0v) is 15.3. The van der Waals surface area contributed by atoms with E-state index in [-0.39, 0.29) is 0 Å². The van der Waals surface area contributed by atoms with Gasteiger partial charge in [0.2, 0.25) is 0 Å². The molecular formula is C18H22BrN5. The van der Waals surface area contributed by atoms with E-state index < -0.39 is 0 Å². The Morgan fingerprint density at radius 3 is 2.83 bits per heavy atom. The molecule has 1 saturated heterocycles. The summed E-state index contributed by atoms with van der Waals surface area (Å²) in [6, 6.07) is 14.8. The first kappa shape index (κ1) is 16.8. The zero-order chi connectivity index (χ0) is 16.8. The molecule has 24 heavy (non-hydrogen) atoms. The minimum atomic E-state index is 0.392. The number of aromatic nitrogens is 1. The summed E-state index contributed by atoms with van der Waals surface area (Å²) in [6.07, 6.45) is 2.90. The molecule has 1 fully saturated rings. The summed E-state index contributed by atoms with van der Waals surface area (Å²) >= 11 is 3.48. The third-order valence-electron chi connectivity index (χ3n) is 4.11. The normalized spacial score (nSPS) is 17.8. The number of rotatable bonds is 4. The maximum atomic E-state index is 4.32. The lowest BCUT2D eigenvalue weighted by molar-refractivity contribution is 0.647. The van der Waals surface area contributed by atoms with Crippen molar-refractivity contribution in [1.29, 1.82) is 0 Å². The van der Waals surface area contributed by atoms with Gasteiger partial charge in [0, 0.05) is 42.5 Å². The lowest BCUT2D eigenvalue weighted by Crippen LogP contribution is -2.44. The van der Waals surface area contributed by atoms with Gasteiger partial charge < -0.3 is 15.5 Å². The van der Waals surface area contributed by atoms with Crippen LogP contribution in [0.3, 0.4) is 0 Å². The Kier molecular flexibility index (Phi) is 5.69. The van der Waals surface area contributed by atoms with E-state index in [9.17, 15) is 0 Å². The first-order valence-corrected chi connectivity index (χ1v) is 8.91. The Morgan fingerprint density at radius 1 is 1.29 bits per heavy atom. The van der Waals surface area contributed by atoms with E-state index in [0.29, 0.717) is 12.6 Å². The molecule has 0 saturated carbocycles. The summed E-state index contributed by atoms with van der Waals surface area (Å²) in [5, 5.41) is 6.83. The van der Waals surface area contributed by atoms with Crippen molar-refractivity contribution in [3.63, 3.8) is 0 Å². The van der Waals surface area contributed by atoms with Crippen LogP contribution in [0.1, 0.15) is 12.1 Å². The second-order valence-electron chi connectivity index (χ2n) is 5.80. The number of halogens is 1. The molecule has 3 rings (SSSR count). The number of aliphatic imine (C=N–C) groups is 1. The van der Waals surface area contributed by atoms with E-state index >= 15 is 0 Å². The molecule has 0 bridgehead atoms. The molecule has 0 amide bonds. The molecule has 126 valence electrons. The molecule has 2 heterocycles. The Balaban J connectivity index is 1.51. The van der Waals surface area contributed by atoms with Crippen LogP contribution in [0.2, 0.25) is 0 Å². The van der Waals surface area contributed by atoms with Crippen LogP contribution in [-0.2, 0) is 6.54 Å². The van der Waals surface area contributed by atoms with Crippen molar-refractivity contribution in [2.24, 2.45) is 4.99 Å². The number of guanidine groups is 1. The quantitative estimate of drug-likeness (QED) is 0.625. The van der Waals surface area contributed by atoms with Crippen molar-refractivity contribution >= 4 is 27.6 Å². The zero-order valence-electron chi connectivity index (χ0n) is 13.7. The van der Waals surface area contributed by atoms with Crippen LogP contribution in [0.4, 0.5) is 5.69 Å². The van der Waals surface area contributed by atoms with Gasteiger partial charge in [-0.25, -0.2) is 0 Å². The third-order valence-corrected chi connectivity index (χ3v) is 4.64. The molecule has 5 nitrogen and oxygen atoms in total. The maximum Gasteiger partial charge on any atom is 0.191 e. The minimum Gasteiger partial charge on any atom is -0.369 e. The summed E-state index contributed by atoms with van der Waals surface area (Å²) in [6.45, 7) is 2.70. The third kappa shape index (κ3) is 4.47. The number of benzene rings is 1. The molecule has 2 aromatic rings. The fourth-order valence-electron chi connectivity index (χ4n) is 2.83. The Bertz CT molecular complexity index is 672. The summed E-state index contributed by atoms with van der Waals surface area (Å²) < 4.78 is 1.11. The molecule has 1 aromatic carbocycles. The molecular weight excluding hydrogens is 366 g/mol. The highest BCUT2D eigenvalue weighted by molar-refractivity contribution is 9.10. The van der Waals surface area contributed by atoms with Crippen molar-refractivity contribution in [2.75, 3.05) is 25.0 Å². The summed E-state index contributed by atoms with van der Waals surface area (Å²) in [4.78, 5) is 11.0. The first-order valence-electron chi connectivity index (χ1n) is 8.12. The van der Waals surface area contributed by atoms with Gasteiger partial charge in [0.15, 0.2) is 5.96 Å². The second kappa shape index (κ2) is 8.15. The van der Waals surface area contributed by atoms with Gasteiger partial charge in [0.05, 0.1) is 12.2 Å². The summed E-state index contributed by atoms with van der Waals surface area (Å²) in [5.41, 5.74) is 2.27. The van der Waals surface area contributed by atoms with Gasteiger partial charge in [-0.05, 0) is 42.8 Å². The van der Waals surface area contributed by atoms with E-state index in [2.05, 4.69) is 65.7 Å². The predicted molar refractivity (Wildman–Crippen MR) is 102 cm³/mol. The van der Waals surface area contributed by atoms with Crippen LogP contribution >= 0.6 is 15.9 Å². The predicted octanol–water partition coefficient (Wildman–Crippen LogP) is 2.79. The highest BCUT2D eigenvalue weighted by Crippen LogP contribution is 2.22. The van der Waals surface area contributed by atoms with E-state index in [4.69, 9.17) is 0 Å². The molecule has 1 unspecified atom stereocenters. The number of nitrogens with zero attached hydrogens (tertiary/aromatic N) is 3. The van der Waals surface area contributed by atoms with Gasteiger partial charge in [0.25, 0.3) is 0 Å². The van der Waals surface area contributed by atoms with Gasteiger partial charge in [-0.15, -0.1) is 0 Å². The van der Waals surface area contributed by atoms with Crippen molar-refractivity contribution in [3.8, 4) is 0 Å². The van der Waals surface area contributed by atoms with Crippen molar-refractivity contribution in [1.82, 2.24) is 15.6 Å². The Labute approximate surface area is 151 Å². The van der Waals surface area contributed by atoms with Crippen LogP contribution in [0.25, 0.3) is 0 Å². The molecule has 0 radical (unpaired) electrons. The maximum absolute atomic E-state index is 4.32. The SMILES string of the molecule is CN=C(NCc1ccccn1)NC1CCN(c2ccc(Br)cc2)C1. The van der Waals surface area contributed by atoms with Gasteiger partial charge in [-0.3, -0.25) is 9.98 Å². The molecule has 6 heteroatoms. The van der Waals surface area contributed by atoms with Crippen LogP contribution in [-0.4, -0.2) is 37.1 Å². The summed E-state index contributed by atoms with van der Waals surface area (Å²) in [5.74, 6) is 0.823. The van der Waals surface area contributed by atoms with Gasteiger partial charge in [-0.1, -0.05) is 22.0 Å². The number of pyridine rings is 1. The van der Waals surface area contributed by atoms with Crippen LogP contribution in [0.5, 0.6) is 0 Å². The van der Waals surface area contributed by atoms with Gasteiger partial charge >= 0.3 is 0 Å². The van der Waals surface area contributed by atoms with Gasteiger partial charge in [0.1, 0.15) is 0 Å². The molecule has 0 spiro atoms. The van der Waals surface area contributed by atoms with E-state index in [1.165, 1.54) is 5.69 Å². The largest absolute Gasteiger partial charge is 0.369 e. The first-order chi connectivity index (χ1) is 11.7. The molecule has 1 aliphatic heterocycles. The van der Waals surface area contributed by atoms with E-state index in [1.54, 1.807) is 13.2 Å². The molecule has 1 aromatic heterocycles. The highest BCUT2D eigenvalue weighted by atomic mass is 79.9. The number of hydrogen-bond donors (Lipinski definition) is 2. The average Bonchev–Trinajstić information content (AvgIpc) is 3.08. The van der Waals surface area contributed by atoms with Crippen LogP contribution in [0.15, 0.2) is 58.1 Å². The van der Waals surface area contributed by atoms with E-state index in [1.807, 2.05) is 18.2 Å². The average molecular weight is 388 g/mol. The Hall–Kier alpha value is -2.08. The topological polar surface area (TPSA) is 52.6 Å². The number of anilines is 1. The Morgan fingerprint density at radius 2 is 2.12 bits per heavy atom. The molecule has 2 N–H and O–H groups in total. The standard InChI is InChI=1S/C18H22BrN5/c1-20-18(22-12-15-4-2-3-10-21-15)23-16-9-11-24(13-16)17-7-5-14(19)6-8-17/h2-8,10,16H,9,11-13H2,1H3,(H2,20,22,23). The second-order valence-corrected chi connectivity index (χ2v) is 6.71. The molecule has 1 atom stereocenters.